The first-order chi connectivity index (χ1) is 11.5. The lowest BCUT2D eigenvalue weighted by atomic mass is 9.93. The van der Waals surface area contributed by atoms with E-state index in [1.54, 1.807) is 18.5 Å². The Morgan fingerprint density at radius 2 is 1.92 bits per heavy atom. The zero-order valence-electron chi connectivity index (χ0n) is 13.3. The fourth-order valence-electron chi connectivity index (χ4n) is 3.14. The number of rotatable bonds is 1. The van der Waals surface area contributed by atoms with Gasteiger partial charge in [0.15, 0.2) is 0 Å². The summed E-state index contributed by atoms with van der Waals surface area (Å²) < 4.78 is 19.5. The number of benzene rings is 1. The number of allylic oxidation sites excluding steroid dienone is 1. The average molecular weight is 322 g/mol. The molecule has 0 saturated heterocycles. The van der Waals surface area contributed by atoms with E-state index in [0.29, 0.717) is 22.6 Å². The summed E-state index contributed by atoms with van der Waals surface area (Å²) in [6.45, 7) is 3.90. The Kier molecular flexibility index (Phi) is 3.06. The summed E-state index contributed by atoms with van der Waals surface area (Å²) in [4.78, 5) is 16.4. The molecular weight excluding hydrogens is 307 g/mol. The number of amides is 1. The summed E-state index contributed by atoms with van der Waals surface area (Å²) in [6.07, 6.45) is 5.32. The number of ether oxygens (including phenoxy) is 1. The van der Waals surface area contributed by atoms with Gasteiger partial charge in [0.05, 0.1) is 11.3 Å². The third-order valence-corrected chi connectivity index (χ3v) is 4.25. The van der Waals surface area contributed by atoms with Crippen LogP contribution in [0.5, 0.6) is 0 Å². The van der Waals surface area contributed by atoms with Crippen LogP contribution in [0.3, 0.4) is 0 Å². The predicted molar refractivity (Wildman–Crippen MR) is 89.3 cm³/mol. The number of nitrogens with zero attached hydrogens (tertiary/aromatic N) is 1. The highest BCUT2D eigenvalue weighted by molar-refractivity contribution is 6.32. The number of carbonyl (C=O) groups excluding carboxylic acids is 1. The van der Waals surface area contributed by atoms with E-state index in [4.69, 9.17) is 4.74 Å². The molecule has 5 heteroatoms. The molecule has 24 heavy (non-hydrogen) atoms. The van der Waals surface area contributed by atoms with Crippen molar-refractivity contribution in [3.05, 3.63) is 71.5 Å². The van der Waals surface area contributed by atoms with E-state index in [9.17, 15) is 9.18 Å². The standard InChI is InChI=1S/C19H15FN2O2/c1-19(2)14(11-5-7-21-8-6-11)10-16(24-19)17-13-4-3-12(20)9-15(13)22-18(17)23/h3-10H,1-2H3,(H,22,23)/b17-16+. The molecule has 0 unspecified atom stereocenters. The van der Waals surface area contributed by atoms with Crippen LogP contribution >= 0.6 is 0 Å². The van der Waals surface area contributed by atoms with Gasteiger partial charge in [-0.05, 0) is 55.8 Å². The van der Waals surface area contributed by atoms with Gasteiger partial charge in [0, 0.05) is 23.5 Å². The normalized spacial score (nSPS) is 21.1. The van der Waals surface area contributed by atoms with Crippen molar-refractivity contribution >= 4 is 22.7 Å². The Morgan fingerprint density at radius 3 is 2.67 bits per heavy atom. The van der Waals surface area contributed by atoms with Crippen molar-refractivity contribution in [2.24, 2.45) is 0 Å². The number of anilines is 1. The first-order valence-electron chi connectivity index (χ1n) is 7.63. The fraction of sp³-hybridized carbons (Fsp3) is 0.158. The van der Waals surface area contributed by atoms with Crippen LogP contribution in [0.15, 0.2) is 54.6 Å². The second-order valence-electron chi connectivity index (χ2n) is 6.29. The van der Waals surface area contributed by atoms with Gasteiger partial charge in [-0.2, -0.15) is 0 Å². The molecule has 1 N–H and O–H groups in total. The van der Waals surface area contributed by atoms with E-state index in [-0.39, 0.29) is 11.7 Å². The third kappa shape index (κ3) is 2.21. The van der Waals surface area contributed by atoms with Gasteiger partial charge < -0.3 is 10.1 Å². The SMILES string of the molecule is CC1(C)O/C(=C2/C(=O)Nc3cc(F)ccc32)C=C1c1ccncc1. The molecule has 4 nitrogen and oxygen atoms in total. The Labute approximate surface area is 138 Å². The van der Waals surface area contributed by atoms with Gasteiger partial charge in [0.25, 0.3) is 5.91 Å². The zero-order chi connectivity index (χ0) is 16.9. The highest BCUT2D eigenvalue weighted by Crippen LogP contribution is 2.44. The van der Waals surface area contributed by atoms with E-state index in [2.05, 4.69) is 10.3 Å². The summed E-state index contributed by atoms with van der Waals surface area (Å²) in [7, 11) is 0. The van der Waals surface area contributed by atoms with Crippen LogP contribution in [0.2, 0.25) is 0 Å². The zero-order valence-corrected chi connectivity index (χ0v) is 13.3. The number of aromatic nitrogens is 1. The molecule has 0 radical (unpaired) electrons. The maximum atomic E-state index is 13.4. The molecule has 1 amide bonds. The summed E-state index contributed by atoms with van der Waals surface area (Å²) in [5.74, 6) is -0.177. The van der Waals surface area contributed by atoms with Gasteiger partial charge in [-0.15, -0.1) is 0 Å². The molecule has 2 aliphatic heterocycles. The molecule has 1 aromatic carbocycles. The Morgan fingerprint density at radius 1 is 1.17 bits per heavy atom. The Balaban J connectivity index is 1.88. The monoisotopic (exact) mass is 322 g/mol. The lowest BCUT2D eigenvalue weighted by Gasteiger charge is -2.23. The van der Waals surface area contributed by atoms with Gasteiger partial charge in [-0.3, -0.25) is 9.78 Å². The summed E-state index contributed by atoms with van der Waals surface area (Å²) in [6, 6.07) is 8.06. The molecule has 2 aliphatic rings. The maximum Gasteiger partial charge on any atom is 0.260 e. The van der Waals surface area contributed by atoms with E-state index < -0.39 is 5.60 Å². The molecule has 1 aromatic heterocycles. The number of halogens is 1. The molecule has 0 saturated carbocycles. The minimum absolute atomic E-state index is 0.284. The molecule has 4 rings (SSSR count). The van der Waals surface area contributed by atoms with Gasteiger partial charge in [0.1, 0.15) is 17.2 Å². The molecule has 3 heterocycles. The second kappa shape index (κ2) is 5.03. The van der Waals surface area contributed by atoms with E-state index in [0.717, 1.165) is 11.1 Å². The van der Waals surface area contributed by atoms with Crippen molar-refractivity contribution < 1.29 is 13.9 Å². The van der Waals surface area contributed by atoms with Crippen molar-refractivity contribution in [2.75, 3.05) is 5.32 Å². The second-order valence-corrected chi connectivity index (χ2v) is 6.29. The molecule has 0 spiro atoms. The van der Waals surface area contributed by atoms with Crippen molar-refractivity contribution in [1.29, 1.82) is 0 Å². The minimum atomic E-state index is -0.577. The average Bonchev–Trinajstić information content (AvgIpc) is 3.02. The number of hydrogen-bond acceptors (Lipinski definition) is 3. The van der Waals surface area contributed by atoms with Crippen molar-refractivity contribution in [2.45, 2.75) is 19.4 Å². The third-order valence-electron chi connectivity index (χ3n) is 4.25. The molecule has 0 aliphatic carbocycles. The van der Waals surface area contributed by atoms with Gasteiger partial charge in [-0.25, -0.2) is 4.39 Å². The number of pyridine rings is 1. The Bertz CT molecular complexity index is 914. The van der Waals surface area contributed by atoms with Crippen LogP contribution in [-0.2, 0) is 9.53 Å². The summed E-state index contributed by atoms with van der Waals surface area (Å²) in [5.41, 5.74) is 2.93. The van der Waals surface area contributed by atoms with Crippen molar-refractivity contribution in [3.63, 3.8) is 0 Å². The molecule has 0 fully saturated rings. The topological polar surface area (TPSA) is 51.2 Å². The molecule has 2 aromatic rings. The van der Waals surface area contributed by atoms with Gasteiger partial charge in [-0.1, -0.05) is 0 Å². The van der Waals surface area contributed by atoms with Gasteiger partial charge >= 0.3 is 0 Å². The first kappa shape index (κ1) is 14.6. The van der Waals surface area contributed by atoms with E-state index in [1.807, 2.05) is 32.1 Å². The summed E-state index contributed by atoms with van der Waals surface area (Å²) >= 11 is 0. The lowest BCUT2D eigenvalue weighted by Crippen LogP contribution is -2.21. The summed E-state index contributed by atoms with van der Waals surface area (Å²) in [5, 5.41) is 2.69. The predicted octanol–water partition coefficient (Wildman–Crippen LogP) is 3.78. The highest BCUT2D eigenvalue weighted by atomic mass is 19.1. The maximum absolute atomic E-state index is 13.4. The molecule has 120 valence electrons. The van der Waals surface area contributed by atoms with Crippen molar-refractivity contribution in [3.8, 4) is 0 Å². The van der Waals surface area contributed by atoms with Crippen LogP contribution < -0.4 is 5.32 Å². The number of hydrogen-bond donors (Lipinski definition) is 1. The van der Waals surface area contributed by atoms with Crippen LogP contribution in [0.1, 0.15) is 25.0 Å². The fourth-order valence-corrected chi connectivity index (χ4v) is 3.14. The number of fused-ring (bicyclic) bond motifs is 1. The van der Waals surface area contributed by atoms with Crippen LogP contribution in [0.25, 0.3) is 11.1 Å². The number of carbonyl (C=O) groups is 1. The lowest BCUT2D eigenvalue weighted by molar-refractivity contribution is -0.111. The molecular formula is C19H15FN2O2. The first-order valence-corrected chi connectivity index (χ1v) is 7.63. The smallest absolute Gasteiger partial charge is 0.260 e. The van der Waals surface area contributed by atoms with Gasteiger partial charge in [0.2, 0.25) is 0 Å². The van der Waals surface area contributed by atoms with E-state index in [1.165, 1.54) is 12.1 Å². The van der Waals surface area contributed by atoms with Crippen LogP contribution in [0, 0.1) is 5.82 Å². The largest absolute Gasteiger partial charge is 0.482 e. The minimum Gasteiger partial charge on any atom is -0.482 e. The number of nitrogens with one attached hydrogen (secondary N) is 1. The molecule has 0 atom stereocenters. The van der Waals surface area contributed by atoms with Crippen molar-refractivity contribution in [1.82, 2.24) is 4.98 Å². The van der Waals surface area contributed by atoms with Crippen LogP contribution in [-0.4, -0.2) is 16.5 Å². The van der Waals surface area contributed by atoms with E-state index >= 15 is 0 Å². The highest BCUT2D eigenvalue weighted by Gasteiger charge is 2.37. The van der Waals surface area contributed by atoms with Crippen LogP contribution in [0.4, 0.5) is 10.1 Å². The Hall–Kier alpha value is -2.95. The quantitative estimate of drug-likeness (QED) is 0.813. The molecule has 0 bridgehead atoms.